The van der Waals surface area contributed by atoms with E-state index in [0.29, 0.717) is 5.92 Å². The summed E-state index contributed by atoms with van der Waals surface area (Å²) in [4.78, 5) is 2.27. The number of hydrogen-bond donors (Lipinski definition) is 1. The number of rotatable bonds is 6. The van der Waals surface area contributed by atoms with Crippen molar-refractivity contribution in [3.63, 3.8) is 0 Å². The van der Waals surface area contributed by atoms with Crippen molar-refractivity contribution in [3.05, 3.63) is 35.4 Å². The van der Waals surface area contributed by atoms with Gasteiger partial charge in [-0.3, -0.25) is 4.90 Å². The first-order chi connectivity index (χ1) is 7.69. The molecule has 0 aliphatic heterocycles. The SMILES string of the molecule is CCN(CCO)Cc1ccccc1C(C)C. The van der Waals surface area contributed by atoms with Crippen molar-refractivity contribution in [3.8, 4) is 0 Å². The van der Waals surface area contributed by atoms with E-state index >= 15 is 0 Å². The van der Waals surface area contributed by atoms with Gasteiger partial charge in [0.15, 0.2) is 0 Å². The third-order valence-electron chi connectivity index (χ3n) is 2.93. The number of hydrogen-bond acceptors (Lipinski definition) is 2. The van der Waals surface area contributed by atoms with Crippen LogP contribution in [0.2, 0.25) is 0 Å². The quantitative estimate of drug-likeness (QED) is 0.798. The molecule has 1 aromatic rings. The molecule has 2 heteroatoms. The van der Waals surface area contributed by atoms with Crippen molar-refractivity contribution in [2.24, 2.45) is 0 Å². The summed E-state index contributed by atoms with van der Waals surface area (Å²) in [5.41, 5.74) is 2.80. The summed E-state index contributed by atoms with van der Waals surface area (Å²) in [5, 5.41) is 8.98. The first kappa shape index (κ1) is 13.2. The fourth-order valence-corrected chi connectivity index (χ4v) is 1.97. The topological polar surface area (TPSA) is 23.5 Å². The Balaban J connectivity index is 2.78. The van der Waals surface area contributed by atoms with E-state index in [2.05, 4.69) is 49.9 Å². The van der Waals surface area contributed by atoms with Crippen LogP contribution in [0.3, 0.4) is 0 Å². The summed E-state index contributed by atoms with van der Waals surface area (Å²) in [6.45, 7) is 9.48. The van der Waals surface area contributed by atoms with Gasteiger partial charge in [-0.1, -0.05) is 45.0 Å². The van der Waals surface area contributed by atoms with Crippen molar-refractivity contribution >= 4 is 0 Å². The summed E-state index contributed by atoms with van der Waals surface area (Å²) < 4.78 is 0. The third-order valence-corrected chi connectivity index (χ3v) is 2.93. The second kappa shape index (κ2) is 6.66. The zero-order valence-corrected chi connectivity index (χ0v) is 10.6. The van der Waals surface area contributed by atoms with Crippen LogP contribution in [-0.2, 0) is 6.54 Å². The Morgan fingerprint density at radius 2 is 1.94 bits per heavy atom. The molecule has 0 bridgehead atoms. The largest absolute Gasteiger partial charge is 0.395 e. The van der Waals surface area contributed by atoms with Crippen LogP contribution in [0.15, 0.2) is 24.3 Å². The van der Waals surface area contributed by atoms with Crippen molar-refractivity contribution in [1.29, 1.82) is 0 Å². The minimum absolute atomic E-state index is 0.234. The van der Waals surface area contributed by atoms with Crippen LogP contribution < -0.4 is 0 Å². The fraction of sp³-hybridized carbons (Fsp3) is 0.571. The molecule has 0 aromatic heterocycles. The highest BCUT2D eigenvalue weighted by Gasteiger charge is 2.09. The summed E-state index contributed by atoms with van der Waals surface area (Å²) in [7, 11) is 0. The van der Waals surface area contributed by atoms with Gasteiger partial charge in [0.2, 0.25) is 0 Å². The second-order valence-electron chi connectivity index (χ2n) is 4.45. The Hall–Kier alpha value is -0.860. The normalized spacial score (nSPS) is 11.4. The van der Waals surface area contributed by atoms with E-state index in [4.69, 9.17) is 5.11 Å². The maximum Gasteiger partial charge on any atom is 0.0558 e. The zero-order valence-electron chi connectivity index (χ0n) is 10.6. The standard InChI is InChI=1S/C14H23NO/c1-4-15(9-10-16)11-13-7-5-6-8-14(13)12(2)3/h5-8,12,16H,4,9-11H2,1-3H3. The van der Waals surface area contributed by atoms with Gasteiger partial charge in [0.25, 0.3) is 0 Å². The number of aliphatic hydroxyl groups is 1. The molecule has 90 valence electrons. The second-order valence-corrected chi connectivity index (χ2v) is 4.45. The average molecular weight is 221 g/mol. The molecular formula is C14H23NO. The molecule has 0 amide bonds. The maximum atomic E-state index is 8.98. The molecule has 2 nitrogen and oxygen atoms in total. The zero-order chi connectivity index (χ0) is 12.0. The minimum Gasteiger partial charge on any atom is -0.395 e. The van der Waals surface area contributed by atoms with Gasteiger partial charge in [-0.15, -0.1) is 0 Å². The van der Waals surface area contributed by atoms with E-state index in [1.807, 2.05) is 0 Å². The Bertz CT molecular complexity index is 309. The van der Waals surface area contributed by atoms with E-state index < -0.39 is 0 Å². The van der Waals surface area contributed by atoms with Crippen LogP contribution in [0.25, 0.3) is 0 Å². The van der Waals surface area contributed by atoms with Crippen LogP contribution >= 0.6 is 0 Å². The van der Waals surface area contributed by atoms with E-state index in [-0.39, 0.29) is 6.61 Å². The summed E-state index contributed by atoms with van der Waals surface area (Å²) in [6.07, 6.45) is 0. The van der Waals surface area contributed by atoms with Gasteiger partial charge < -0.3 is 5.11 Å². The Morgan fingerprint density at radius 3 is 2.50 bits per heavy atom. The molecule has 1 aromatic carbocycles. The average Bonchev–Trinajstić information content (AvgIpc) is 2.29. The van der Waals surface area contributed by atoms with Gasteiger partial charge in [0.05, 0.1) is 6.61 Å². The highest BCUT2D eigenvalue weighted by atomic mass is 16.3. The number of benzene rings is 1. The summed E-state index contributed by atoms with van der Waals surface area (Å²) in [6, 6.07) is 8.58. The highest BCUT2D eigenvalue weighted by molar-refractivity contribution is 5.29. The third kappa shape index (κ3) is 3.62. The van der Waals surface area contributed by atoms with Crippen LogP contribution in [0.1, 0.15) is 37.8 Å². The van der Waals surface area contributed by atoms with Gasteiger partial charge in [0.1, 0.15) is 0 Å². The van der Waals surface area contributed by atoms with Gasteiger partial charge in [-0.05, 0) is 23.6 Å². The fourth-order valence-electron chi connectivity index (χ4n) is 1.97. The maximum absolute atomic E-state index is 8.98. The van der Waals surface area contributed by atoms with Crippen LogP contribution in [0.5, 0.6) is 0 Å². The van der Waals surface area contributed by atoms with E-state index in [1.165, 1.54) is 11.1 Å². The lowest BCUT2D eigenvalue weighted by Gasteiger charge is -2.22. The van der Waals surface area contributed by atoms with E-state index in [9.17, 15) is 0 Å². The molecule has 1 N–H and O–H groups in total. The van der Waals surface area contributed by atoms with Crippen LogP contribution in [0.4, 0.5) is 0 Å². The molecule has 0 heterocycles. The van der Waals surface area contributed by atoms with Crippen molar-refractivity contribution in [1.82, 2.24) is 4.90 Å². The van der Waals surface area contributed by atoms with Gasteiger partial charge >= 0.3 is 0 Å². The van der Waals surface area contributed by atoms with Gasteiger partial charge in [-0.25, -0.2) is 0 Å². The molecular weight excluding hydrogens is 198 g/mol. The van der Waals surface area contributed by atoms with E-state index in [0.717, 1.165) is 19.6 Å². The Morgan fingerprint density at radius 1 is 1.25 bits per heavy atom. The molecule has 1 rings (SSSR count). The predicted octanol–water partition coefficient (Wildman–Crippen LogP) is 2.62. The van der Waals surface area contributed by atoms with E-state index in [1.54, 1.807) is 0 Å². The molecule has 0 saturated heterocycles. The number of aliphatic hydroxyl groups excluding tert-OH is 1. The molecule has 0 atom stereocenters. The van der Waals surface area contributed by atoms with Gasteiger partial charge in [-0.2, -0.15) is 0 Å². The lowest BCUT2D eigenvalue weighted by atomic mass is 9.97. The highest BCUT2D eigenvalue weighted by Crippen LogP contribution is 2.20. The van der Waals surface area contributed by atoms with Gasteiger partial charge in [0, 0.05) is 13.1 Å². The molecule has 0 spiro atoms. The molecule has 16 heavy (non-hydrogen) atoms. The first-order valence-electron chi connectivity index (χ1n) is 6.10. The molecule has 0 aliphatic carbocycles. The minimum atomic E-state index is 0.234. The molecule has 0 aliphatic rings. The van der Waals surface area contributed by atoms with Crippen LogP contribution in [0, 0.1) is 0 Å². The molecule has 0 saturated carbocycles. The molecule has 0 radical (unpaired) electrons. The lowest BCUT2D eigenvalue weighted by molar-refractivity contribution is 0.196. The van der Waals surface area contributed by atoms with Crippen molar-refractivity contribution in [2.75, 3.05) is 19.7 Å². The van der Waals surface area contributed by atoms with Crippen LogP contribution in [-0.4, -0.2) is 29.7 Å². The predicted molar refractivity (Wildman–Crippen MR) is 68.6 cm³/mol. The number of nitrogens with zero attached hydrogens (tertiary/aromatic N) is 1. The summed E-state index contributed by atoms with van der Waals surface area (Å²) in [5.74, 6) is 0.559. The first-order valence-corrected chi connectivity index (χ1v) is 6.10. The summed E-state index contributed by atoms with van der Waals surface area (Å²) >= 11 is 0. The number of likely N-dealkylation sites (N-methyl/N-ethyl adjacent to an activating group) is 1. The Labute approximate surface area is 98.9 Å². The molecule has 0 fully saturated rings. The Kier molecular flexibility index (Phi) is 5.50. The van der Waals surface area contributed by atoms with Crippen molar-refractivity contribution < 1.29 is 5.11 Å². The smallest absolute Gasteiger partial charge is 0.0558 e. The monoisotopic (exact) mass is 221 g/mol. The van der Waals surface area contributed by atoms with Crippen molar-refractivity contribution in [2.45, 2.75) is 33.2 Å². The molecule has 0 unspecified atom stereocenters. The lowest BCUT2D eigenvalue weighted by Crippen LogP contribution is -2.26.